The average molecular weight is 299 g/mol. The van der Waals surface area contributed by atoms with E-state index < -0.39 is 18.0 Å². The third kappa shape index (κ3) is 6.70. The first-order valence-corrected chi connectivity index (χ1v) is 6.63. The number of carboxylic acid groups (broad SMARTS) is 1. The average Bonchev–Trinajstić information content (AvgIpc) is 2.83. The molecule has 1 aromatic rings. The molecule has 0 aliphatic rings. The maximum atomic E-state index is 11.6. The summed E-state index contributed by atoms with van der Waals surface area (Å²) in [5.74, 6) is -0.444. The number of hydrogen-bond acceptors (Lipinski definition) is 5. The molecule has 0 aliphatic carbocycles. The summed E-state index contributed by atoms with van der Waals surface area (Å²) in [4.78, 5) is 26.7. The Bertz CT molecular complexity index is 462. The molecule has 1 atom stereocenters. The second-order valence-corrected chi connectivity index (χ2v) is 4.51. The summed E-state index contributed by atoms with van der Waals surface area (Å²) in [5.41, 5.74) is 0. The van der Waals surface area contributed by atoms with Gasteiger partial charge in [-0.1, -0.05) is 0 Å². The lowest BCUT2D eigenvalue weighted by molar-refractivity contribution is -0.139. The van der Waals surface area contributed by atoms with Crippen molar-refractivity contribution >= 4 is 12.0 Å². The lowest BCUT2D eigenvalue weighted by atomic mass is 10.1. The Kier molecular flexibility index (Phi) is 7.16. The van der Waals surface area contributed by atoms with Gasteiger partial charge in [-0.15, -0.1) is 0 Å². The van der Waals surface area contributed by atoms with E-state index in [1.807, 2.05) is 0 Å². The quantitative estimate of drug-likeness (QED) is 0.531. The summed E-state index contributed by atoms with van der Waals surface area (Å²) in [7, 11) is 3.30. The SMILES string of the molecule is COCCCC(NC(=O)NCCc1ncn(C)n1)C(=O)O. The largest absolute Gasteiger partial charge is 0.480 e. The van der Waals surface area contributed by atoms with E-state index in [0.717, 1.165) is 0 Å². The van der Waals surface area contributed by atoms with Crippen LogP contribution in [0, 0.1) is 0 Å². The minimum Gasteiger partial charge on any atom is -0.480 e. The molecule has 0 aromatic carbocycles. The van der Waals surface area contributed by atoms with Crippen LogP contribution in [0.5, 0.6) is 0 Å². The van der Waals surface area contributed by atoms with E-state index in [0.29, 0.717) is 38.2 Å². The monoisotopic (exact) mass is 299 g/mol. The number of aliphatic carboxylic acids is 1. The number of aryl methyl sites for hydroxylation is 1. The van der Waals surface area contributed by atoms with Crippen LogP contribution in [0.15, 0.2) is 6.33 Å². The van der Waals surface area contributed by atoms with Gasteiger partial charge in [0.15, 0.2) is 5.82 Å². The fourth-order valence-corrected chi connectivity index (χ4v) is 1.68. The Hall–Kier alpha value is -2.16. The number of urea groups is 1. The van der Waals surface area contributed by atoms with Gasteiger partial charge in [0.05, 0.1) is 0 Å². The topological polar surface area (TPSA) is 118 Å². The van der Waals surface area contributed by atoms with Crippen molar-refractivity contribution < 1.29 is 19.4 Å². The molecular weight excluding hydrogens is 278 g/mol. The molecule has 1 unspecified atom stereocenters. The smallest absolute Gasteiger partial charge is 0.326 e. The summed E-state index contributed by atoms with van der Waals surface area (Å²) < 4.78 is 6.43. The number of methoxy groups -OCH3 is 1. The van der Waals surface area contributed by atoms with E-state index in [1.54, 1.807) is 25.2 Å². The van der Waals surface area contributed by atoms with E-state index in [4.69, 9.17) is 9.84 Å². The van der Waals surface area contributed by atoms with Crippen molar-refractivity contribution in [2.24, 2.45) is 7.05 Å². The number of rotatable bonds is 9. The van der Waals surface area contributed by atoms with Crippen LogP contribution in [0.25, 0.3) is 0 Å². The Morgan fingerprint density at radius 3 is 2.86 bits per heavy atom. The molecule has 0 bridgehead atoms. The third-order valence-electron chi connectivity index (χ3n) is 2.73. The number of carbonyl (C=O) groups excluding carboxylic acids is 1. The van der Waals surface area contributed by atoms with Crippen molar-refractivity contribution in [1.82, 2.24) is 25.4 Å². The molecule has 118 valence electrons. The molecule has 9 nitrogen and oxygen atoms in total. The molecule has 1 aromatic heterocycles. The Morgan fingerprint density at radius 1 is 1.52 bits per heavy atom. The predicted octanol–water partition coefficient (Wildman–Crippen LogP) is -0.463. The number of hydrogen-bond donors (Lipinski definition) is 3. The first kappa shape index (κ1) is 16.9. The van der Waals surface area contributed by atoms with E-state index in [-0.39, 0.29) is 0 Å². The molecule has 0 aliphatic heterocycles. The first-order valence-electron chi connectivity index (χ1n) is 6.63. The molecular formula is C12H21N5O4. The highest BCUT2D eigenvalue weighted by molar-refractivity contribution is 5.82. The normalized spacial score (nSPS) is 11.9. The van der Waals surface area contributed by atoms with Crippen LogP contribution in [0.3, 0.4) is 0 Å². The van der Waals surface area contributed by atoms with Gasteiger partial charge < -0.3 is 20.5 Å². The van der Waals surface area contributed by atoms with Gasteiger partial charge >= 0.3 is 12.0 Å². The maximum absolute atomic E-state index is 11.6. The first-order chi connectivity index (χ1) is 10.0. The summed E-state index contributed by atoms with van der Waals surface area (Å²) in [6.07, 6.45) is 2.94. The van der Waals surface area contributed by atoms with Crippen molar-refractivity contribution in [2.45, 2.75) is 25.3 Å². The molecule has 2 amide bonds. The Morgan fingerprint density at radius 2 is 2.29 bits per heavy atom. The van der Waals surface area contributed by atoms with Crippen LogP contribution in [0.2, 0.25) is 0 Å². The number of carbonyl (C=O) groups is 2. The lowest BCUT2D eigenvalue weighted by Crippen LogP contribution is -2.46. The number of nitrogens with zero attached hydrogens (tertiary/aromatic N) is 3. The third-order valence-corrected chi connectivity index (χ3v) is 2.73. The zero-order chi connectivity index (χ0) is 15.7. The highest BCUT2D eigenvalue weighted by Crippen LogP contribution is 1.98. The fourth-order valence-electron chi connectivity index (χ4n) is 1.68. The molecule has 1 rings (SSSR count). The van der Waals surface area contributed by atoms with Crippen molar-refractivity contribution in [3.63, 3.8) is 0 Å². The lowest BCUT2D eigenvalue weighted by Gasteiger charge is -2.14. The number of nitrogens with one attached hydrogen (secondary N) is 2. The summed E-state index contributed by atoms with van der Waals surface area (Å²) >= 11 is 0. The molecule has 0 radical (unpaired) electrons. The van der Waals surface area contributed by atoms with E-state index in [1.165, 1.54) is 0 Å². The standard InChI is InChI=1S/C12H21N5O4/c1-17-8-14-10(16-17)5-6-13-12(20)15-9(11(18)19)4-3-7-21-2/h8-9H,3-7H2,1-2H3,(H,18,19)(H2,13,15,20). The second kappa shape index (κ2) is 8.90. The van der Waals surface area contributed by atoms with Crippen molar-refractivity contribution in [1.29, 1.82) is 0 Å². The number of ether oxygens (including phenoxy) is 1. The van der Waals surface area contributed by atoms with Crippen molar-refractivity contribution in [3.8, 4) is 0 Å². The number of aromatic nitrogens is 3. The van der Waals surface area contributed by atoms with Crippen LogP contribution in [-0.2, 0) is 23.0 Å². The van der Waals surface area contributed by atoms with Crippen LogP contribution < -0.4 is 10.6 Å². The van der Waals surface area contributed by atoms with Crippen molar-refractivity contribution in [2.75, 3.05) is 20.3 Å². The van der Waals surface area contributed by atoms with E-state index >= 15 is 0 Å². The molecule has 0 spiro atoms. The van der Waals surface area contributed by atoms with Gasteiger partial charge in [-0.05, 0) is 12.8 Å². The number of carboxylic acids is 1. The van der Waals surface area contributed by atoms with E-state index in [9.17, 15) is 9.59 Å². The van der Waals surface area contributed by atoms with Gasteiger partial charge in [0, 0.05) is 33.7 Å². The zero-order valence-corrected chi connectivity index (χ0v) is 12.2. The number of amides is 2. The minimum atomic E-state index is -1.06. The van der Waals surface area contributed by atoms with E-state index in [2.05, 4.69) is 20.7 Å². The Labute approximate surface area is 122 Å². The van der Waals surface area contributed by atoms with Gasteiger partial charge in [-0.2, -0.15) is 5.10 Å². The summed E-state index contributed by atoms with van der Waals surface area (Å²) in [6.45, 7) is 0.790. The molecule has 9 heteroatoms. The minimum absolute atomic E-state index is 0.318. The summed E-state index contributed by atoms with van der Waals surface area (Å²) in [6, 6.07) is -1.44. The van der Waals surface area contributed by atoms with Crippen LogP contribution in [-0.4, -0.2) is 58.2 Å². The van der Waals surface area contributed by atoms with Gasteiger partial charge in [-0.25, -0.2) is 14.6 Å². The van der Waals surface area contributed by atoms with Crippen LogP contribution in [0.1, 0.15) is 18.7 Å². The Balaban J connectivity index is 2.27. The molecule has 21 heavy (non-hydrogen) atoms. The van der Waals surface area contributed by atoms with Gasteiger partial charge in [0.1, 0.15) is 12.4 Å². The highest BCUT2D eigenvalue weighted by Gasteiger charge is 2.19. The van der Waals surface area contributed by atoms with Crippen LogP contribution in [0.4, 0.5) is 4.79 Å². The highest BCUT2D eigenvalue weighted by atomic mass is 16.5. The zero-order valence-electron chi connectivity index (χ0n) is 12.2. The maximum Gasteiger partial charge on any atom is 0.326 e. The molecule has 0 saturated carbocycles. The summed E-state index contributed by atoms with van der Waals surface area (Å²) in [5, 5.41) is 18.1. The molecule has 3 N–H and O–H groups in total. The van der Waals surface area contributed by atoms with Gasteiger partial charge in [0.25, 0.3) is 0 Å². The molecule has 0 fully saturated rings. The molecule has 1 heterocycles. The van der Waals surface area contributed by atoms with Crippen LogP contribution >= 0.6 is 0 Å². The molecule has 0 saturated heterocycles. The van der Waals surface area contributed by atoms with Crippen molar-refractivity contribution in [3.05, 3.63) is 12.2 Å². The van der Waals surface area contributed by atoms with Gasteiger partial charge in [-0.3, -0.25) is 4.68 Å². The predicted molar refractivity (Wildman–Crippen MR) is 73.8 cm³/mol. The fraction of sp³-hybridized carbons (Fsp3) is 0.667. The van der Waals surface area contributed by atoms with Gasteiger partial charge in [0.2, 0.25) is 0 Å². The second-order valence-electron chi connectivity index (χ2n) is 4.51.